The first kappa shape index (κ1) is 14.9. The maximum Gasteiger partial charge on any atom is 0.126 e. The smallest absolute Gasteiger partial charge is 0.126 e. The first-order valence-corrected chi connectivity index (χ1v) is 7.58. The molecule has 0 saturated carbocycles. The van der Waals surface area contributed by atoms with Gasteiger partial charge in [0.2, 0.25) is 0 Å². The zero-order chi connectivity index (χ0) is 14.4. The minimum atomic E-state index is 0.612. The monoisotopic (exact) mass is 271 g/mol. The maximum absolute atomic E-state index is 5.45. The van der Waals surface area contributed by atoms with Gasteiger partial charge in [-0.05, 0) is 29.9 Å². The van der Waals surface area contributed by atoms with E-state index in [0.29, 0.717) is 6.04 Å². The SMILES string of the molecule is CCCC(CC)NCc1ccc(OC)c2ccccc12. The van der Waals surface area contributed by atoms with E-state index in [-0.39, 0.29) is 0 Å². The summed E-state index contributed by atoms with van der Waals surface area (Å²) in [6.45, 7) is 5.41. The summed E-state index contributed by atoms with van der Waals surface area (Å²) in [7, 11) is 1.73. The van der Waals surface area contributed by atoms with Gasteiger partial charge < -0.3 is 10.1 Å². The van der Waals surface area contributed by atoms with Gasteiger partial charge in [0.15, 0.2) is 0 Å². The summed E-state index contributed by atoms with van der Waals surface area (Å²) < 4.78 is 5.45. The Morgan fingerprint density at radius 3 is 2.45 bits per heavy atom. The van der Waals surface area contributed by atoms with Crippen molar-refractivity contribution >= 4 is 10.8 Å². The van der Waals surface area contributed by atoms with E-state index in [1.165, 1.54) is 35.6 Å². The molecule has 2 aromatic rings. The number of hydrogen-bond acceptors (Lipinski definition) is 2. The number of hydrogen-bond donors (Lipinski definition) is 1. The van der Waals surface area contributed by atoms with E-state index in [4.69, 9.17) is 4.74 Å². The molecule has 108 valence electrons. The highest BCUT2D eigenvalue weighted by Gasteiger charge is 2.08. The second-order valence-corrected chi connectivity index (χ2v) is 5.25. The Kier molecular flexibility index (Phi) is 5.42. The van der Waals surface area contributed by atoms with Crippen LogP contribution in [0.3, 0.4) is 0 Å². The van der Waals surface area contributed by atoms with Crippen LogP contribution in [0.15, 0.2) is 36.4 Å². The zero-order valence-corrected chi connectivity index (χ0v) is 12.8. The van der Waals surface area contributed by atoms with Crippen molar-refractivity contribution in [1.29, 1.82) is 0 Å². The molecule has 2 rings (SSSR count). The van der Waals surface area contributed by atoms with Gasteiger partial charge in [0, 0.05) is 18.0 Å². The molecule has 2 aromatic carbocycles. The van der Waals surface area contributed by atoms with E-state index in [1.807, 2.05) is 0 Å². The van der Waals surface area contributed by atoms with Crippen molar-refractivity contribution in [3.8, 4) is 5.75 Å². The van der Waals surface area contributed by atoms with Gasteiger partial charge in [-0.2, -0.15) is 0 Å². The van der Waals surface area contributed by atoms with Crippen molar-refractivity contribution in [2.75, 3.05) is 7.11 Å². The van der Waals surface area contributed by atoms with Crippen molar-refractivity contribution in [3.05, 3.63) is 42.0 Å². The average molecular weight is 271 g/mol. The van der Waals surface area contributed by atoms with Gasteiger partial charge in [0.05, 0.1) is 7.11 Å². The number of benzene rings is 2. The third kappa shape index (κ3) is 3.31. The molecule has 0 aliphatic rings. The Balaban J connectivity index is 2.22. The molecule has 2 nitrogen and oxygen atoms in total. The number of methoxy groups -OCH3 is 1. The first-order valence-electron chi connectivity index (χ1n) is 7.58. The largest absolute Gasteiger partial charge is 0.496 e. The summed E-state index contributed by atoms with van der Waals surface area (Å²) in [6, 6.07) is 13.3. The fourth-order valence-electron chi connectivity index (χ4n) is 2.72. The predicted octanol–water partition coefficient (Wildman–Crippen LogP) is 4.52. The van der Waals surface area contributed by atoms with Gasteiger partial charge in [-0.1, -0.05) is 50.6 Å². The molecule has 1 atom stereocenters. The standard InChI is InChI=1S/C18H25NO/c1-4-8-15(5-2)19-13-14-11-12-18(20-3)17-10-7-6-9-16(14)17/h6-7,9-12,15,19H,4-5,8,13H2,1-3H3. The fraction of sp³-hybridized carbons (Fsp3) is 0.444. The van der Waals surface area contributed by atoms with Gasteiger partial charge in [-0.25, -0.2) is 0 Å². The van der Waals surface area contributed by atoms with Crippen molar-refractivity contribution in [2.45, 2.75) is 45.7 Å². The molecule has 0 bridgehead atoms. The number of ether oxygens (including phenoxy) is 1. The number of rotatable bonds is 7. The summed E-state index contributed by atoms with van der Waals surface area (Å²) in [5.41, 5.74) is 1.34. The Labute approximate surface area is 122 Å². The highest BCUT2D eigenvalue weighted by atomic mass is 16.5. The minimum absolute atomic E-state index is 0.612. The molecule has 0 aliphatic heterocycles. The Morgan fingerprint density at radius 2 is 1.80 bits per heavy atom. The van der Waals surface area contributed by atoms with Crippen LogP contribution in [0.1, 0.15) is 38.7 Å². The molecule has 0 saturated heterocycles. The molecular formula is C18H25NO. The summed E-state index contributed by atoms with van der Waals surface area (Å²) in [5, 5.41) is 6.15. The van der Waals surface area contributed by atoms with Crippen LogP contribution in [0.5, 0.6) is 5.75 Å². The predicted molar refractivity (Wildman–Crippen MR) is 86.3 cm³/mol. The van der Waals surface area contributed by atoms with E-state index in [2.05, 4.69) is 55.6 Å². The normalized spacial score (nSPS) is 12.6. The van der Waals surface area contributed by atoms with Crippen LogP contribution in [-0.4, -0.2) is 13.2 Å². The van der Waals surface area contributed by atoms with Gasteiger partial charge in [-0.3, -0.25) is 0 Å². The lowest BCUT2D eigenvalue weighted by Crippen LogP contribution is -2.27. The molecule has 0 radical (unpaired) electrons. The van der Waals surface area contributed by atoms with Gasteiger partial charge in [0.25, 0.3) is 0 Å². The van der Waals surface area contributed by atoms with E-state index in [9.17, 15) is 0 Å². The third-order valence-electron chi connectivity index (χ3n) is 3.91. The Morgan fingerprint density at radius 1 is 1.05 bits per heavy atom. The number of fused-ring (bicyclic) bond motifs is 1. The Hall–Kier alpha value is -1.54. The average Bonchev–Trinajstić information content (AvgIpc) is 2.51. The van der Waals surface area contributed by atoms with Crippen LogP contribution in [-0.2, 0) is 6.54 Å². The van der Waals surface area contributed by atoms with E-state index in [0.717, 1.165) is 12.3 Å². The quantitative estimate of drug-likeness (QED) is 0.799. The van der Waals surface area contributed by atoms with Gasteiger partial charge in [0.1, 0.15) is 5.75 Å². The van der Waals surface area contributed by atoms with Crippen LogP contribution < -0.4 is 10.1 Å². The molecule has 0 spiro atoms. The second-order valence-electron chi connectivity index (χ2n) is 5.25. The fourth-order valence-corrected chi connectivity index (χ4v) is 2.72. The molecular weight excluding hydrogens is 246 g/mol. The molecule has 0 aliphatic carbocycles. The molecule has 0 amide bonds. The molecule has 2 heteroatoms. The minimum Gasteiger partial charge on any atom is -0.496 e. The Bertz CT molecular complexity index is 550. The van der Waals surface area contributed by atoms with Gasteiger partial charge in [-0.15, -0.1) is 0 Å². The van der Waals surface area contributed by atoms with E-state index in [1.54, 1.807) is 7.11 Å². The summed E-state index contributed by atoms with van der Waals surface area (Å²) in [6.07, 6.45) is 3.65. The first-order chi connectivity index (χ1) is 9.80. The molecule has 20 heavy (non-hydrogen) atoms. The summed E-state index contributed by atoms with van der Waals surface area (Å²) in [5.74, 6) is 0.949. The van der Waals surface area contributed by atoms with Gasteiger partial charge >= 0.3 is 0 Å². The molecule has 1 unspecified atom stereocenters. The van der Waals surface area contributed by atoms with Crippen LogP contribution in [0.2, 0.25) is 0 Å². The van der Waals surface area contributed by atoms with Crippen molar-refractivity contribution in [2.24, 2.45) is 0 Å². The topological polar surface area (TPSA) is 21.3 Å². The van der Waals surface area contributed by atoms with Crippen LogP contribution in [0.4, 0.5) is 0 Å². The summed E-state index contributed by atoms with van der Waals surface area (Å²) in [4.78, 5) is 0. The lowest BCUT2D eigenvalue weighted by atomic mass is 10.0. The third-order valence-corrected chi connectivity index (χ3v) is 3.91. The molecule has 0 heterocycles. The van der Waals surface area contributed by atoms with Crippen LogP contribution in [0.25, 0.3) is 10.8 Å². The van der Waals surface area contributed by atoms with Crippen molar-refractivity contribution < 1.29 is 4.74 Å². The van der Waals surface area contributed by atoms with E-state index >= 15 is 0 Å². The van der Waals surface area contributed by atoms with Crippen LogP contribution in [0, 0.1) is 0 Å². The summed E-state index contributed by atoms with van der Waals surface area (Å²) >= 11 is 0. The molecule has 0 aromatic heterocycles. The lowest BCUT2D eigenvalue weighted by molar-refractivity contribution is 0.419. The maximum atomic E-state index is 5.45. The second kappa shape index (κ2) is 7.30. The lowest BCUT2D eigenvalue weighted by Gasteiger charge is -2.17. The van der Waals surface area contributed by atoms with Crippen LogP contribution >= 0.6 is 0 Å². The van der Waals surface area contributed by atoms with Crippen molar-refractivity contribution in [3.63, 3.8) is 0 Å². The number of nitrogens with one attached hydrogen (secondary N) is 1. The van der Waals surface area contributed by atoms with E-state index < -0.39 is 0 Å². The highest BCUT2D eigenvalue weighted by molar-refractivity contribution is 5.91. The zero-order valence-electron chi connectivity index (χ0n) is 12.8. The molecule has 0 fully saturated rings. The molecule has 1 N–H and O–H groups in total. The van der Waals surface area contributed by atoms with Crippen molar-refractivity contribution in [1.82, 2.24) is 5.32 Å². The highest BCUT2D eigenvalue weighted by Crippen LogP contribution is 2.28.